The molecule has 0 aliphatic rings. The second kappa shape index (κ2) is 9.51. The fourth-order valence-corrected chi connectivity index (χ4v) is 2.58. The van der Waals surface area contributed by atoms with Gasteiger partial charge < -0.3 is 10.4 Å². The first-order valence-corrected chi connectivity index (χ1v) is 8.70. The molecule has 2 aromatic carbocycles. The summed E-state index contributed by atoms with van der Waals surface area (Å²) in [7, 11) is 0. The zero-order valence-corrected chi connectivity index (χ0v) is 14.8. The Bertz CT molecular complexity index is 781. The summed E-state index contributed by atoms with van der Waals surface area (Å²) in [6.07, 6.45) is 1.63. The molecule has 136 valence electrons. The van der Waals surface area contributed by atoms with E-state index in [0.717, 1.165) is 12.0 Å². The molecule has 0 aliphatic heterocycles. The average Bonchev–Trinajstić information content (AvgIpc) is 2.65. The van der Waals surface area contributed by atoms with Crippen LogP contribution in [0.15, 0.2) is 48.5 Å². The van der Waals surface area contributed by atoms with E-state index in [1.165, 1.54) is 5.56 Å². The minimum atomic E-state index is -0.857. The number of hydrogen-bond acceptors (Lipinski definition) is 3. The SMILES string of the molecule is CCc1ccc(C(=O)CCC(=O)Nc2cccc(CCC(=O)O)c2)cc1. The molecule has 0 atom stereocenters. The van der Waals surface area contributed by atoms with Gasteiger partial charge in [-0.3, -0.25) is 14.4 Å². The third-order valence-electron chi connectivity index (χ3n) is 4.10. The lowest BCUT2D eigenvalue weighted by molar-refractivity contribution is -0.137. The number of aliphatic carboxylic acids is 1. The third kappa shape index (κ3) is 6.16. The molecule has 5 nitrogen and oxygen atoms in total. The van der Waals surface area contributed by atoms with Crippen molar-refractivity contribution in [1.82, 2.24) is 0 Å². The van der Waals surface area contributed by atoms with Crippen LogP contribution in [0, 0.1) is 0 Å². The Balaban J connectivity index is 1.85. The molecule has 0 heterocycles. The van der Waals surface area contributed by atoms with Crippen molar-refractivity contribution in [1.29, 1.82) is 0 Å². The van der Waals surface area contributed by atoms with E-state index in [9.17, 15) is 14.4 Å². The van der Waals surface area contributed by atoms with Crippen molar-refractivity contribution in [3.8, 4) is 0 Å². The Labute approximate surface area is 153 Å². The summed E-state index contributed by atoms with van der Waals surface area (Å²) in [4.78, 5) is 34.9. The van der Waals surface area contributed by atoms with Gasteiger partial charge in [-0.05, 0) is 36.1 Å². The van der Waals surface area contributed by atoms with Gasteiger partial charge in [0.1, 0.15) is 0 Å². The number of carbonyl (C=O) groups excluding carboxylic acids is 2. The number of aryl methyl sites for hydroxylation is 2. The summed E-state index contributed by atoms with van der Waals surface area (Å²) >= 11 is 0. The summed E-state index contributed by atoms with van der Waals surface area (Å²) < 4.78 is 0. The molecular weight excluding hydrogens is 330 g/mol. The first kappa shape index (κ1) is 19.4. The van der Waals surface area contributed by atoms with Crippen LogP contribution in [0.25, 0.3) is 0 Å². The van der Waals surface area contributed by atoms with Crippen molar-refractivity contribution < 1.29 is 19.5 Å². The predicted molar refractivity (Wildman–Crippen MR) is 100 cm³/mol. The van der Waals surface area contributed by atoms with E-state index in [1.54, 1.807) is 30.3 Å². The molecular formula is C21H23NO4. The maximum atomic E-state index is 12.2. The van der Waals surface area contributed by atoms with Crippen LogP contribution in [0.1, 0.15) is 47.7 Å². The molecule has 0 saturated carbocycles. The normalized spacial score (nSPS) is 10.3. The molecule has 0 bridgehead atoms. The lowest BCUT2D eigenvalue weighted by Crippen LogP contribution is -2.13. The summed E-state index contributed by atoms with van der Waals surface area (Å²) in [6.45, 7) is 2.05. The highest BCUT2D eigenvalue weighted by molar-refractivity contribution is 6.00. The van der Waals surface area contributed by atoms with E-state index in [2.05, 4.69) is 12.2 Å². The summed E-state index contributed by atoms with van der Waals surface area (Å²) in [5.74, 6) is -1.15. The Morgan fingerprint density at radius 3 is 2.31 bits per heavy atom. The number of nitrogens with one attached hydrogen (secondary N) is 1. The van der Waals surface area contributed by atoms with Crippen LogP contribution >= 0.6 is 0 Å². The fraction of sp³-hybridized carbons (Fsp3) is 0.286. The van der Waals surface area contributed by atoms with Crippen LogP contribution in [0.3, 0.4) is 0 Å². The standard InChI is InChI=1S/C21H23NO4/c1-2-15-6-9-17(10-7-15)19(23)11-12-20(24)22-18-5-3-4-16(14-18)8-13-21(25)26/h3-7,9-10,14H,2,8,11-13H2,1H3,(H,22,24)(H,25,26). The molecule has 0 saturated heterocycles. The maximum absolute atomic E-state index is 12.2. The number of carboxylic acids is 1. The summed E-state index contributed by atoms with van der Waals surface area (Å²) in [5.41, 5.74) is 3.24. The van der Waals surface area contributed by atoms with Crippen LogP contribution in [0.5, 0.6) is 0 Å². The highest BCUT2D eigenvalue weighted by Crippen LogP contribution is 2.14. The van der Waals surface area contributed by atoms with Gasteiger partial charge in [-0.25, -0.2) is 0 Å². The van der Waals surface area contributed by atoms with Gasteiger partial charge in [-0.2, -0.15) is 0 Å². The second-order valence-electron chi connectivity index (χ2n) is 6.12. The molecule has 0 fully saturated rings. The van der Waals surface area contributed by atoms with E-state index in [0.29, 0.717) is 17.7 Å². The molecule has 0 aliphatic carbocycles. The number of benzene rings is 2. The smallest absolute Gasteiger partial charge is 0.303 e. The largest absolute Gasteiger partial charge is 0.481 e. The average molecular weight is 353 g/mol. The van der Waals surface area contributed by atoms with E-state index in [4.69, 9.17) is 5.11 Å². The maximum Gasteiger partial charge on any atom is 0.303 e. The second-order valence-corrected chi connectivity index (χ2v) is 6.12. The minimum Gasteiger partial charge on any atom is -0.481 e. The third-order valence-corrected chi connectivity index (χ3v) is 4.10. The Kier molecular flexibility index (Phi) is 7.09. The number of amides is 1. The first-order valence-electron chi connectivity index (χ1n) is 8.70. The number of hydrogen-bond donors (Lipinski definition) is 2. The van der Waals surface area contributed by atoms with Gasteiger partial charge in [0.15, 0.2) is 5.78 Å². The molecule has 2 rings (SSSR count). The van der Waals surface area contributed by atoms with Gasteiger partial charge in [-0.15, -0.1) is 0 Å². The van der Waals surface area contributed by atoms with Gasteiger partial charge in [0, 0.05) is 30.5 Å². The van der Waals surface area contributed by atoms with E-state index >= 15 is 0 Å². The van der Waals surface area contributed by atoms with Gasteiger partial charge in [0.2, 0.25) is 5.91 Å². The summed E-state index contributed by atoms with van der Waals surface area (Å²) in [5, 5.41) is 11.5. The number of Topliss-reactive ketones (excluding diaryl/α,β-unsaturated/α-hetero) is 1. The predicted octanol–water partition coefficient (Wildman–Crippen LogP) is 3.87. The zero-order valence-electron chi connectivity index (χ0n) is 14.8. The van der Waals surface area contributed by atoms with Crippen LogP contribution < -0.4 is 5.32 Å². The van der Waals surface area contributed by atoms with Crippen molar-refractivity contribution in [2.75, 3.05) is 5.32 Å². The molecule has 5 heteroatoms. The lowest BCUT2D eigenvalue weighted by Gasteiger charge is -2.07. The number of ketones is 1. The van der Waals surface area contributed by atoms with Crippen molar-refractivity contribution in [2.24, 2.45) is 0 Å². The van der Waals surface area contributed by atoms with Gasteiger partial charge in [-0.1, -0.05) is 43.3 Å². The van der Waals surface area contributed by atoms with Gasteiger partial charge in [0.25, 0.3) is 0 Å². The van der Waals surface area contributed by atoms with Gasteiger partial charge in [0.05, 0.1) is 0 Å². The Hall–Kier alpha value is -2.95. The molecule has 2 N–H and O–H groups in total. The Morgan fingerprint density at radius 1 is 0.923 bits per heavy atom. The van der Waals surface area contributed by atoms with E-state index < -0.39 is 5.97 Å². The quantitative estimate of drug-likeness (QED) is 0.670. The topological polar surface area (TPSA) is 83.5 Å². The first-order chi connectivity index (χ1) is 12.5. The lowest BCUT2D eigenvalue weighted by atomic mass is 10.0. The Morgan fingerprint density at radius 2 is 1.65 bits per heavy atom. The van der Waals surface area contributed by atoms with Crippen molar-refractivity contribution in [3.05, 3.63) is 65.2 Å². The highest BCUT2D eigenvalue weighted by Gasteiger charge is 2.10. The number of carboxylic acid groups (broad SMARTS) is 1. The minimum absolute atomic E-state index is 0.0444. The number of rotatable bonds is 9. The van der Waals surface area contributed by atoms with E-state index in [-0.39, 0.29) is 31.0 Å². The summed E-state index contributed by atoms with van der Waals surface area (Å²) in [6, 6.07) is 14.5. The zero-order chi connectivity index (χ0) is 18.9. The highest BCUT2D eigenvalue weighted by atomic mass is 16.4. The van der Waals surface area contributed by atoms with Crippen LogP contribution in [-0.2, 0) is 22.4 Å². The molecule has 0 aromatic heterocycles. The molecule has 0 radical (unpaired) electrons. The number of carbonyl (C=O) groups is 3. The number of anilines is 1. The van der Waals surface area contributed by atoms with Gasteiger partial charge >= 0.3 is 5.97 Å². The molecule has 0 unspecified atom stereocenters. The van der Waals surface area contributed by atoms with Crippen LogP contribution in [-0.4, -0.2) is 22.8 Å². The van der Waals surface area contributed by atoms with Crippen molar-refractivity contribution in [3.63, 3.8) is 0 Å². The molecule has 1 amide bonds. The van der Waals surface area contributed by atoms with E-state index in [1.807, 2.05) is 18.2 Å². The monoisotopic (exact) mass is 353 g/mol. The van der Waals surface area contributed by atoms with Crippen molar-refractivity contribution in [2.45, 2.75) is 39.0 Å². The fourth-order valence-electron chi connectivity index (χ4n) is 2.58. The molecule has 26 heavy (non-hydrogen) atoms. The van der Waals surface area contributed by atoms with Crippen LogP contribution in [0.4, 0.5) is 5.69 Å². The van der Waals surface area contributed by atoms with Crippen LogP contribution in [0.2, 0.25) is 0 Å². The molecule has 0 spiro atoms. The molecule has 2 aromatic rings. The van der Waals surface area contributed by atoms with Crippen molar-refractivity contribution >= 4 is 23.3 Å².